The van der Waals surface area contributed by atoms with Gasteiger partial charge >= 0.3 is 0 Å². The van der Waals surface area contributed by atoms with Crippen LogP contribution in [-0.4, -0.2) is 25.1 Å². The molecule has 3 aromatic heterocycles. The molecule has 7 heteroatoms. The minimum Gasteiger partial charge on any atom is -0.325 e. The highest BCUT2D eigenvalue weighted by Crippen LogP contribution is 2.39. The molecule has 1 aliphatic carbocycles. The van der Waals surface area contributed by atoms with Crippen LogP contribution in [0.15, 0.2) is 53.5 Å². The van der Waals surface area contributed by atoms with Crippen LogP contribution in [0.2, 0.25) is 0 Å². The maximum absolute atomic E-state index is 13.2. The minimum atomic E-state index is -0.253. The van der Waals surface area contributed by atoms with E-state index in [0.717, 1.165) is 36.2 Å². The van der Waals surface area contributed by atoms with Gasteiger partial charge in [0.15, 0.2) is 5.65 Å². The van der Waals surface area contributed by atoms with Gasteiger partial charge in [-0.2, -0.15) is 5.10 Å². The summed E-state index contributed by atoms with van der Waals surface area (Å²) in [5, 5.41) is 7.51. The van der Waals surface area contributed by atoms with E-state index < -0.39 is 0 Å². The third-order valence-corrected chi connectivity index (χ3v) is 5.37. The van der Waals surface area contributed by atoms with Crippen LogP contribution in [0.1, 0.15) is 36.9 Å². The van der Waals surface area contributed by atoms with Crippen molar-refractivity contribution < 1.29 is 4.79 Å². The number of hydrogen-bond donors (Lipinski definition) is 1. The molecule has 0 radical (unpaired) electrons. The van der Waals surface area contributed by atoms with Gasteiger partial charge in [0.25, 0.3) is 5.56 Å². The van der Waals surface area contributed by atoms with E-state index in [1.165, 1.54) is 4.57 Å². The van der Waals surface area contributed by atoms with Crippen molar-refractivity contribution in [2.24, 2.45) is 0 Å². The van der Waals surface area contributed by atoms with Gasteiger partial charge < -0.3 is 5.32 Å². The number of carbonyl (C=O) groups excluding carboxylic acids is 1. The van der Waals surface area contributed by atoms with Gasteiger partial charge in [-0.1, -0.05) is 19.1 Å². The van der Waals surface area contributed by atoms with Gasteiger partial charge in [0, 0.05) is 17.8 Å². The van der Waals surface area contributed by atoms with E-state index in [9.17, 15) is 9.59 Å². The lowest BCUT2D eigenvalue weighted by molar-refractivity contribution is -0.116. The number of nitrogens with one attached hydrogen (secondary N) is 1. The number of benzene rings is 1. The second-order valence-corrected chi connectivity index (χ2v) is 7.48. The van der Waals surface area contributed by atoms with Gasteiger partial charge in [-0.05, 0) is 55.2 Å². The highest BCUT2D eigenvalue weighted by atomic mass is 16.2. The quantitative estimate of drug-likeness (QED) is 0.570. The van der Waals surface area contributed by atoms with Gasteiger partial charge in [0.05, 0.1) is 11.2 Å². The molecule has 0 unspecified atom stereocenters. The van der Waals surface area contributed by atoms with Crippen LogP contribution in [0, 0.1) is 0 Å². The first-order valence-corrected chi connectivity index (χ1v) is 9.90. The van der Waals surface area contributed by atoms with E-state index in [1.807, 2.05) is 30.3 Å². The van der Waals surface area contributed by atoms with Crippen molar-refractivity contribution in [2.45, 2.75) is 38.6 Å². The highest BCUT2D eigenvalue weighted by Gasteiger charge is 2.28. The van der Waals surface area contributed by atoms with Crippen molar-refractivity contribution in [1.29, 1.82) is 0 Å². The monoisotopic (exact) mass is 387 g/mol. The van der Waals surface area contributed by atoms with E-state index in [4.69, 9.17) is 0 Å². The summed E-state index contributed by atoms with van der Waals surface area (Å²) in [4.78, 5) is 30.3. The van der Waals surface area contributed by atoms with Crippen LogP contribution in [-0.2, 0) is 17.8 Å². The van der Waals surface area contributed by atoms with Crippen LogP contribution < -0.4 is 10.9 Å². The van der Waals surface area contributed by atoms with Crippen molar-refractivity contribution in [3.05, 3.63) is 70.3 Å². The van der Waals surface area contributed by atoms with E-state index in [0.29, 0.717) is 22.6 Å². The number of amides is 1. The summed E-state index contributed by atoms with van der Waals surface area (Å²) in [6, 6.07) is 13.1. The molecule has 1 N–H and O–H groups in total. The standard InChI is InChI=1S/C22H21N5O2/c1-2-14-5-3-6-16(11-14)24-20(28)13-26-18-7-4-10-23-21(18)27-19(22(26)29)12-17(25-27)15-8-9-15/h3-7,10-12,15H,2,8-9,13H2,1H3,(H,24,28). The van der Waals surface area contributed by atoms with E-state index >= 15 is 0 Å². The van der Waals surface area contributed by atoms with Gasteiger partial charge in [0.1, 0.15) is 12.1 Å². The molecule has 0 spiro atoms. The number of aromatic nitrogens is 4. The number of rotatable bonds is 5. The second-order valence-electron chi connectivity index (χ2n) is 7.48. The summed E-state index contributed by atoms with van der Waals surface area (Å²) in [5.74, 6) is 0.174. The first-order valence-electron chi connectivity index (χ1n) is 9.90. The fraction of sp³-hybridized carbons (Fsp3) is 0.273. The Kier molecular flexibility index (Phi) is 4.16. The Hall–Kier alpha value is -3.48. The molecule has 3 heterocycles. The van der Waals surface area contributed by atoms with Crippen molar-refractivity contribution in [2.75, 3.05) is 5.32 Å². The van der Waals surface area contributed by atoms with E-state index in [2.05, 4.69) is 22.3 Å². The highest BCUT2D eigenvalue weighted by molar-refractivity contribution is 5.91. The summed E-state index contributed by atoms with van der Waals surface area (Å²) in [5.41, 5.74) is 4.19. The average Bonchev–Trinajstić information content (AvgIpc) is 3.49. The topological polar surface area (TPSA) is 81.3 Å². The third kappa shape index (κ3) is 3.18. The molecular formula is C22H21N5O2. The number of anilines is 1. The smallest absolute Gasteiger partial charge is 0.277 e. The number of hydrogen-bond acceptors (Lipinski definition) is 4. The summed E-state index contributed by atoms with van der Waals surface area (Å²) in [7, 11) is 0. The van der Waals surface area contributed by atoms with Crippen LogP contribution in [0.3, 0.4) is 0 Å². The molecule has 1 aliphatic rings. The molecule has 146 valence electrons. The second kappa shape index (κ2) is 6.84. The molecule has 0 aliphatic heterocycles. The Bertz CT molecular complexity index is 1300. The molecule has 1 amide bonds. The van der Waals surface area contributed by atoms with Crippen LogP contribution >= 0.6 is 0 Å². The minimum absolute atomic E-state index is 0.0855. The van der Waals surface area contributed by atoms with Gasteiger partial charge in [-0.3, -0.25) is 14.2 Å². The zero-order chi connectivity index (χ0) is 20.0. The molecule has 1 saturated carbocycles. The van der Waals surface area contributed by atoms with E-state index in [1.54, 1.807) is 22.8 Å². The molecule has 29 heavy (non-hydrogen) atoms. The van der Waals surface area contributed by atoms with Gasteiger partial charge in [-0.15, -0.1) is 0 Å². The predicted octanol–water partition coefficient (Wildman–Crippen LogP) is 3.12. The van der Waals surface area contributed by atoms with Crippen molar-refractivity contribution >= 4 is 28.3 Å². The number of pyridine rings is 1. The zero-order valence-corrected chi connectivity index (χ0v) is 16.1. The lowest BCUT2D eigenvalue weighted by Gasteiger charge is -2.12. The summed E-state index contributed by atoms with van der Waals surface area (Å²) < 4.78 is 3.10. The van der Waals surface area contributed by atoms with Crippen LogP contribution in [0.25, 0.3) is 16.7 Å². The van der Waals surface area contributed by atoms with Gasteiger partial charge in [-0.25, -0.2) is 9.50 Å². The molecule has 5 rings (SSSR count). The Morgan fingerprint density at radius 1 is 1.17 bits per heavy atom. The molecule has 1 fully saturated rings. The maximum Gasteiger partial charge on any atom is 0.277 e. The average molecular weight is 387 g/mol. The summed E-state index contributed by atoms with van der Waals surface area (Å²) >= 11 is 0. The Balaban J connectivity index is 1.55. The summed E-state index contributed by atoms with van der Waals surface area (Å²) in [6.45, 7) is 1.98. The molecule has 0 atom stereocenters. The molecule has 0 bridgehead atoms. The Labute approximate surface area is 167 Å². The summed E-state index contributed by atoms with van der Waals surface area (Å²) in [6.07, 6.45) is 4.76. The Morgan fingerprint density at radius 3 is 2.83 bits per heavy atom. The third-order valence-electron chi connectivity index (χ3n) is 5.37. The Morgan fingerprint density at radius 2 is 2.03 bits per heavy atom. The number of fused-ring (bicyclic) bond motifs is 3. The number of carbonyl (C=O) groups is 1. The van der Waals surface area contributed by atoms with Crippen LogP contribution in [0.5, 0.6) is 0 Å². The SMILES string of the molecule is CCc1cccc(NC(=O)Cn2c(=O)c3cc(C4CC4)nn3c3ncccc32)c1. The van der Waals surface area contributed by atoms with Crippen molar-refractivity contribution in [3.63, 3.8) is 0 Å². The zero-order valence-electron chi connectivity index (χ0n) is 16.1. The fourth-order valence-electron chi connectivity index (χ4n) is 3.67. The van der Waals surface area contributed by atoms with Gasteiger partial charge in [0.2, 0.25) is 5.91 Å². The molecule has 0 saturated heterocycles. The molecule has 4 aromatic rings. The van der Waals surface area contributed by atoms with E-state index in [-0.39, 0.29) is 18.0 Å². The molecule has 1 aromatic carbocycles. The maximum atomic E-state index is 13.2. The lowest BCUT2D eigenvalue weighted by atomic mass is 10.1. The number of nitrogens with zero attached hydrogens (tertiary/aromatic N) is 4. The van der Waals surface area contributed by atoms with Crippen LogP contribution in [0.4, 0.5) is 5.69 Å². The lowest BCUT2D eigenvalue weighted by Crippen LogP contribution is -2.29. The first kappa shape index (κ1) is 17.6. The van der Waals surface area contributed by atoms with Crippen molar-refractivity contribution in [1.82, 2.24) is 19.2 Å². The predicted molar refractivity (Wildman–Crippen MR) is 111 cm³/mol. The molecule has 7 nitrogen and oxygen atoms in total. The van der Waals surface area contributed by atoms with Crippen molar-refractivity contribution in [3.8, 4) is 0 Å². The normalized spacial score (nSPS) is 13.8. The molecular weight excluding hydrogens is 366 g/mol. The first-order chi connectivity index (χ1) is 14.1. The number of aryl methyl sites for hydroxylation is 1. The fourth-order valence-corrected chi connectivity index (χ4v) is 3.67. The largest absolute Gasteiger partial charge is 0.325 e.